The topological polar surface area (TPSA) is 67.4 Å². The Hall–Kier alpha value is -1.88. The van der Waals surface area contributed by atoms with Gasteiger partial charge in [0.25, 0.3) is 0 Å². The average Bonchev–Trinajstić information content (AvgIpc) is 2.41. The van der Waals surface area contributed by atoms with Crippen LogP contribution >= 0.6 is 0 Å². The lowest BCUT2D eigenvalue weighted by atomic mass is 10.0. The first kappa shape index (κ1) is 14.5. The molecule has 1 heterocycles. The maximum Gasteiger partial charge on any atom is 0.243 e. The molecule has 0 aliphatic carbocycles. The van der Waals surface area contributed by atoms with Crippen molar-refractivity contribution in [1.29, 1.82) is 0 Å². The number of hydrogen-bond acceptors (Lipinski definition) is 4. The highest BCUT2D eigenvalue weighted by molar-refractivity contribution is 6.00. The van der Waals surface area contributed by atoms with Crippen molar-refractivity contribution < 1.29 is 14.3 Å². The molecule has 1 aliphatic heterocycles. The van der Waals surface area contributed by atoms with Gasteiger partial charge in [-0.15, -0.1) is 0 Å². The number of rotatable bonds is 4. The molecule has 0 bridgehead atoms. The van der Waals surface area contributed by atoms with E-state index in [-0.39, 0.29) is 23.9 Å². The summed E-state index contributed by atoms with van der Waals surface area (Å²) in [4.78, 5) is 22.9. The van der Waals surface area contributed by atoms with Crippen LogP contribution in [0.25, 0.3) is 0 Å². The Balaban J connectivity index is 2.10. The van der Waals surface area contributed by atoms with E-state index in [4.69, 9.17) is 4.74 Å². The maximum atomic E-state index is 11.8. The molecular formula is C15H20N2O3. The maximum absolute atomic E-state index is 11.8. The van der Waals surface area contributed by atoms with E-state index < -0.39 is 0 Å². The largest absolute Gasteiger partial charge is 0.496 e. The van der Waals surface area contributed by atoms with Gasteiger partial charge in [0, 0.05) is 18.0 Å². The van der Waals surface area contributed by atoms with E-state index in [1.807, 2.05) is 32.0 Å². The number of carbonyl (C=O) groups is 2. The molecule has 0 aromatic heterocycles. The summed E-state index contributed by atoms with van der Waals surface area (Å²) in [5.74, 6) is 0.352. The Bertz CT molecular complexity index is 528. The number of nitrogens with one attached hydrogen (secondary N) is 2. The number of carbonyl (C=O) groups excluding carboxylic acids is 2. The molecule has 2 rings (SSSR count). The van der Waals surface area contributed by atoms with E-state index >= 15 is 0 Å². The molecule has 0 radical (unpaired) electrons. The number of aryl methyl sites for hydroxylation is 1. The predicted molar refractivity (Wildman–Crippen MR) is 75.5 cm³/mol. The summed E-state index contributed by atoms with van der Waals surface area (Å²) in [6.07, 6.45) is 0.907. The van der Waals surface area contributed by atoms with Gasteiger partial charge in [-0.2, -0.15) is 0 Å². The normalized spacial score (nSPS) is 20.4. The van der Waals surface area contributed by atoms with E-state index in [0.29, 0.717) is 12.8 Å². The van der Waals surface area contributed by atoms with Crippen molar-refractivity contribution in [3.8, 4) is 5.75 Å². The van der Waals surface area contributed by atoms with Crippen molar-refractivity contribution in [3.05, 3.63) is 29.3 Å². The highest BCUT2D eigenvalue weighted by Gasteiger charge is 2.28. The van der Waals surface area contributed by atoms with Gasteiger partial charge in [-0.3, -0.25) is 20.2 Å². The van der Waals surface area contributed by atoms with Crippen LogP contribution in [0.4, 0.5) is 0 Å². The molecule has 5 nitrogen and oxygen atoms in total. The molecule has 1 aliphatic rings. The van der Waals surface area contributed by atoms with Gasteiger partial charge < -0.3 is 4.74 Å². The molecule has 1 aromatic rings. The van der Waals surface area contributed by atoms with Crippen molar-refractivity contribution in [1.82, 2.24) is 10.6 Å². The van der Waals surface area contributed by atoms with Gasteiger partial charge in [0.15, 0.2) is 0 Å². The van der Waals surface area contributed by atoms with Crippen LogP contribution in [0, 0.1) is 6.92 Å². The number of amides is 2. The summed E-state index contributed by atoms with van der Waals surface area (Å²) in [6.45, 7) is 3.99. The van der Waals surface area contributed by atoms with E-state index in [2.05, 4.69) is 10.6 Å². The Morgan fingerprint density at radius 2 is 2.15 bits per heavy atom. The SMILES string of the molecule is COc1cc(C)ccc1C(C)NC1CCC(=O)NC1=O. The first-order chi connectivity index (χ1) is 9.51. The van der Waals surface area contributed by atoms with Crippen LogP contribution in [0.2, 0.25) is 0 Å². The zero-order valence-electron chi connectivity index (χ0n) is 12.0. The third-order valence-corrected chi connectivity index (χ3v) is 3.55. The second-order valence-electron chi connectivity index (χ2n) is 5.14. The second-order valence-corrected chi connectivity index (χ2v) is 5.14. The van der Waals surface area contributed by atoms with Crippen LogP contribution in [-0.4, -0.2) is 25.0 Å². The summed E-state index contributed by atoms with van der Waals surface area (Å²) < 4.78 is 5.39. The number of methoxy groups -OCH3 is 1. The van der Waals surface area contributed by atoms with Crippen molar-refractivity contribution in [2.75, 3.05) is 7.11 Å². The van der Waals surface area contributed by atoms with Crippen LogP contribution in [0.1, 0.15) is 36.9 Å². The van der Waals surface area contributed by atoms with Gasteiger partial charge in [-0.25, -0.2) is 0 Å². The highest BCUT2D eigenvalue weighted by Crippen LogP contribution is 2.26. The van der Waals surface area contributed by atoms with Crippen molar-refractivity contribution in [2.45, 2.75) is 38.8 Å². The molecule has 5 heteroatoms. The van der Waals surface area contributed by atoms with Gasteiger partial charge >= 0.3 is 0 Å². The predicted octanol–water partition coefficient (Wildman–Crippen LogP) is 1.46. The number of piperidine rings is 1. The van der Waals surface area contributed by atoms with Gasteiger partial charge in [-0.05, 0) is 31.9 Å². The fraction of sp³-hybridized carbons (Fsp3) is 0.467. The minimum Gasteiger partial charge on any atom is -0.496 e. The Labute approximate surface area is 118 Å². The van der Waals surface area contributed by atoms with Gasteiger partial charge in [-0.1, -0.05) is 12.1 Å². The minimum absolute atomic E-state index is 0.0329. The molecule has 0 spiro atoms. The molecule has 0 saturated carbocycles. The molecule has 2 unspecified atom stereocenters. The summed E-state index contributed by atoms with van der Waals surface area (Å²) in [5, 5.41) is 5.61. The lowest BCUT2D eigenvalue weighted by Crippen LogP contribution is -2.51. The van der Waals surface area contributed by atoms with Crippen LogP contribution in [0.3, 0.4) is 0 Å². The van der Waals surface area contributed by atoms with Gasteiger partial charge in [0.05, 0.1) is 13.2 Å². The van der Waals surface area contributed by atoms with Crippen molar-refractivity contribution in [3.63, 3.8) is 0 Å². The molecule has 1 fully saturated rings. The van der Waals surface area contributed by atoms with Crippen LogP contribution in [0.5, 0.6) is 5.75 Å². The zero-order valence-corrected chi connectivity index (χ0v) is 12.0. The van der Waals surface area contributed by atoms with E-state index in [9.17, 15) is 9.59 Å². The Kier molecular flexibility index (Phi) is 4.39. The second kappa shape index (κ2) is 6.05. The summed E-state index contributed by atoms with van der Waals surface area (Å²) >= 11 is 0. The van der Waals surface area contributed by atoms with E-state index in [1.54, 1.807) is 7.11 Å². The summed E-state index contributed by atoms with van der Waals surface area (Å²) in [5.41, 5.74) is 2.13. The third-order valence-electron chi connectivity index (χ3n) is 3.55. The molecule has 108 valence electrons. The van der Waals surface area contributed by atoms with Crippen LogP contribution in [-0.2, 0) is 9.59 Å². The molecule has 20 heavy (non-hydrogen) atoms. The molecule has 1 aromatic carbocycles. The monoisotopic (exact) mass is 276 g/mol. The van der Waals surface area contributed by atoms with Crippen LogP contribution < -0.4 is 15.4 Å². The number of hydrogen-bond donors (Lipinski definition) is 2. The summed E-state index contributed by atoms with van der Waals surface area (Å²) in [7, 11) is 1.64. The minimum atomic E-state index is -0.339. The lowest BCUT2D eigenvalue weighted by Gasteiger charge is -2.26. The molecular weight excluding hydrogens is 256 g/mol. The quantitative estimate of drug-likeness (QED) is 0.817. The zero-order chi connectivity index (χ0) is 14.7. The number of ether oxygens (including phenoxy) is 1. The Morgan fingerprint density at radius 3 is 2.80 bits per heavy atom. The molecule has 2 N–H and O–H groups in total. The molecule has 2 atom stereocenters. The number of benzene rings is 1. The smallest absolute Gasteiger partial charge is 0.243 e. The van der Waals surface area contributed by atoms with E-state index in [0.717, 1.165) is 16.9 Å². The van der Waals surface area contributed by atoms with E-state index in [1.165, 1.54) is 0 Å². The first-order valence-corrected chi connectivity index (χ1v) is 6.75. The molecule has 2 amide bonds. The van der Waals surface area contributed by atoms with Crippen molar-refractivity contribution in [2.24, 2.45) is 0 Å². The Morgan fingerprint density at radius 1 is 1.40 bits per heavy atom. The number of imide groups is 1. The molecule has 1 saturated heterocycles. The highest BCUT2D eigenvalue weighted by atomic mass is 16.5. The first-order valence-electron chi connectivity index (χ1n) is 6.75. The standard InChI is InChI=1S/C15H20N2O3/c1-9-4-5-11(13(8-9)20-3)10(2)16-12-6-7-14(18)17-15(12)19/h4-5,8,10,12,16H,6-7H2,1-3H3,(H,17,18,19). The fourth-order valence-electron chi connectivity index (χ4n) is 2.42. The average molecular weight is 276 g/mol. The van der Waals surface area contributed by atoms with Gasteiger partial charge in [0.1, 0.15) is 5.75 Å². The summed E-state index contributed by atoms with van der Waals surface area (Å²) in [6, 6.07) is 5.61. The fourth-order valence-corrected chi connectivity index (χ4v) is 2.42. The lowest BCUT2D eigenvalue weighted by molar-refractivity contribution is -0.134. The van der Waals surface area contributed by atoms with Gasteiger partial charge in [0.2, 0.25) is 11.8 Å². The van der Waals surface area contributed by atoms with Crippen molar-refractivity contribution >= 4 is 11.8 Å². The third kappa shape index (κ3) is 3.17. The van der Waals surface area contributed by atoms with Crippen LogP contribution in [0.15, 0.2) is 18.2 Å².